The Morgan fingerprint density at radius 3 is 2.29 bits per heavy atom. The molecule has 2 aliphatic rings. The van der Waals surface area contributed by atoms with Gasteiger partial charge in [0.05, 0.1) is 0 Å². The molecule has 0 unspecified atom stereocenters. The van der Waals surface area contributed by atoms with Crippen molar-refractivity contribution < 1.29 is 19.1 Å². The first kappa shape index (κ1) is 25.5. The van der Waals surface area contributed by atoms with Crippen molar-refractivity contribution >= 4 is 23.4 Å². The van der Waals surface area contributed by atoms with Crippen LogP contribution in [0.5, 0.6) is 5.75 Å². The highest BCUT2D eigenvalue weighted by Gasteiger charge is 2.31. The summed E-state index contributed by atoms with van der Waals surface area (Å²) < 4.78 is 6.25. The molecule has 1 atom stereocenters. The van der Waals surface area contributed by atoms with Crippen molar-refractivity contribution in [1.29, 1.82) is 0 Å². The summed E-state index contributed by atoms with van der Waals surface area (Å²) in [5.41, 5.74) is 4.70. The van der Waals surface area contributed by atoms with Crippen LogP contribution in [0, 0.1) is 0 Å². The van der Waals surface area contributed by atoms with E-state index in [4.69, 9.17) is 4.74 Å². The molecule has 0 bridgehead atoms. The number of carbonyl (C=O) groups is 3. The van der Waals surface area contributed by atoms with E-state index in [9.17, 15) is 14.4 Å². The molecule has 1 saturated heterocycles. The molecule has 3 amide bonds. The summed E-state index contributed by atoms with van der Waals surface area (Å²) in [5.74, 6) is 0.285. The lowest BCUT2D eigenvalue weighted by Crippen LogP contribution is -2.48. The van der Waals surface area contributed by atoms with Crippen molar-refractivity contribution in [3.8, 4) is 5.75 Å². The SMILES string of the molecule is CC(=O)Nc1ccc(C(=O)N(Cc2ccc(OC3Cc4ccccc4C3)cc2)[C@H]2CCCCNC2=O)cc1. The smallest absolute Gasteiger partial charge is 0.254 e. The van der Waals surface area contributed by atoms with Crippen LogP contribution < -0.4 is 15.4 Å². The Morgan fingerprint density at radius 1 is 0.947 bits per heavy atom. The third-order valence-corrected chi connectivity index (χ3v) is 7.19. The number of rotatable bonds is 7. The van der Waals surface area contributed by atoms with Gasteiger partial charge < -0.3 is 20.3 Å². The second-order valence-corrected chi connectivity index (χ2v) is 10.1. The van der Waals surface area contributed by atoms with E-state index in [-0.39, 0.29) is 23.8 Å². The summed E-state index contributed by atoms with van der Waals surface area (Å²) in [6.07, 6.45) is 4.30. The van der Waals surface area contributed by atoms with Crippen LogP contribution in [-0.4, -0.2) is 41.3 Å². The highest BCUT2D eigenvalue weighted by Crippen LogP contribution is 2.27. The standard InChI is InChI=1S/C31H33N3O4/c1-21(35)33-26-13-11-23(12-14-26)31(37)34(29-8-4-5-17-32-30(29)36)20-22-9-15-27(16-10-22)38-28-18-24-6-2-3-7-25(24)19-28/h2-3,6-7,9-16,28-29H,4-5,8,17-20H2,1H3,(H,32,36)(H,33,35)/t29-/m0/s1. The predicted molar refractivity (Wildman–Crippen MR) is 146 cm³/mol. The van der Waals surface area contributed by atoms with Gasteiger partial charge in [0.25, 0.3) is 5.91 Å². The van der Waals surface area contributed by atoms with Gasteiger partial charge in [-0.25, -0.2) is 0 Å². The fourth-order valence-corrected chi connectivity index (χ4v) is 5.27. The lowest BCUT2D eigenvalue weighted by molar-refractivity contribution is -0.125. The zero-order chi connectivity index (χ0) is 26.5. The molecule has 0 aromatic heterocycles. The summed E-state index contributed by atoms with van der Waals surface area (Å²) in [6, 6.07) is 22.5. The first-order valence-electron chi connectivity index (χ1n) is 13.2. The van der Waals surface area contributed by atoms with Crippen LogP contribution >= 0.6 is 0 Å². The molecule has 2 N–H and O–H groups in total. The summed E-state index contributed by atoms with van der Waals surface area (Å²) in [7, 11) is 0. The van der Waals surface area contributed by atoms with Gasteiger partial charge >= 0.3 is 0 Å². The predicted octanol–water partition coefficient (Wildman–Crippen LogP) is 4.50. The van der Waals surface area contributed by atoms with E-state index in [1.807, 2.05) is 24.3 Å². The number of nitrogens with one attached hydrogen (secondary N) is 2. The molecule has 0 radical (unpaired) electrons. The largest absolute Gasteiger partial charge is 0.490 e. The van der Waals surface area contributed by atoms with Crippen LogP contribution in [0.1, 0.15) is 53.2 Å². The van der Waals surface area contributed by atoms with E-state index in [1.54, 1.807) is 29.2 Å². The Labute approximate surface area is 223 Å². The molecule has 7 heteroatoms. The van der Waals surface area contributed by atoms with Crippen molar-refractivity contribution in [1.82, 2.24) is 10.2 Å². The second kappa shape index (κ2) is 11.5. The molecule has 5 rings (SSSR count). The molecule has 38 heavy (non-hydrogen) atoms. The zero-order valence-electron chi connectivity index (χ0n) is 21.6. The van der Waals surface area contributed by atoms with Gasteiger partial charge in [-0.1, -0.05) is 36.4 Å². The molecule has 1 heterocycles. The van der Waals surface area contributed by atoms with Gasteiger partial charge in [-0.3, -0.25) is 14.4 Å². The second-order valence-electron chi connectivity index (χ2n) is 10.1. The van der Waals surface area contributed by atoms with Crippen LogP contribution in [0.25, 0.3) is 0 Å². The van der Waals surface area contributed by atoms with Crippen LogP contribution in [0.3, 0.4) is 0 Å². The summed E-state index contributed by atoms with van der Waals surface area (Å²) in [4.78, 5) is 39.6. The minimum Gasteiger partial charge on any atom is -0.490 e. The number of ether oxygens (including phenoxy) is 1. The Balaban J connectivity index is 1.31. The van der Waals surface area contributed by atoms with Crippen LogP contribution in [-0.2, 0) is 29.0 Å². The number of amides is 3. The average Bonchev–Trinajstić information content (AvgIpc) is 3.20. The lowest BCUT2D eigenvalue weighted by atomic mass is 10.0. The summed E-state index contributed by atoms with van der Waals surface area (Å²) >= 11 is 0. The fraction of sp³-hybridized carbons (Fsp3) is 0.323. The highest BCUT2D eigenvalue weighted by atomic mass is 16.5. The van der Waals surface area contributed by atoms with E-state index < -0.39 is 6.04 Å². The Kier molecular flexibility index (Phi) is 7.73. The number of hydrogen-bond donors (Lipinski definition) is 2. The number of carbonyl (C=O) groups excluding carboxylic acids is 3. The number of anilines is 1. The van der Waals surface area contributed by atoms with E-state index in [0.29, 0.717) is 30.8 Å². The normalized spacial score (nSPS) is 17.2. The maximum atomic E-state index is 13.7. The molecular formula is C31H33N3O4. The molecule has 7 nitrogen and oxygen atoms in total. The van der Waals surface area contributed by atoms with Crippen molar-refractivity contribution in [3.05, 3.63) is 95.1 Å². The molecule has 1 aliphatic heterocycles. The quantitative estimate of drug-likeness (QED) is 0.489. The van der Waals surface area contributed by atoms with Crippen molar-refractivity contribution in [2.24, 2.45) is 0 Å². The molecule has 3 aromatic rings. The lowest BCUT2D eigenvalue weighted by Gasteiger charge is -2.30. The Hall–Kier alpha value is -4.13. The molecule has 0 saturated carbocycles. The van der Waals surface area contributed by atoms with Gasteiger partial charge in [0, 0.05) is 44.1 Å². The third kappa shape index (κ3) is 6.05. The van der Waals surface area contributed by atoms with Crippen molar-refractivity contribution in [3.63, 3.8) is 0 Å². The summed E-state index contributed by atoms with van der Waals surface area (Å²) in [5, 5.41) is 5.67. The van der Waals surface area contributed by atoms with Crippen molar-refractivity contribution in [2.45, 2.75) is 57.7 Å². The Bertz CT molecular complexity index is 1280. The molecule has 3 aromatic carbocycles. The van der Waals surface area contributed by atoms with Gasteiger partial charge in [-0.05, 0) is 72.4 Å². The van der Waals surface area contributed by atoms with Gasteiger partial charge in [0.1, 0.15) is 17.9 Å². The number of nitrogens with zero attached hydrogens (tertiary/aromatic N) is 1. The third-order valence-electron chi connectivity index (χ3n) is 7.19. The van der Waals surface area contributed by atoms with E-state index in [0.717, 1.165) is 37.0 Å². The zero-order valence-corrected chi connectivity index (χ0v) is 21.6. The number of benzene rings is 3. The van der Waals surface area contributed by atoms with Crippen LogP contribution in [0.2, 0.25) is 0 Å². The summed E-state index contributed by atoms with van der Waals surface area (Å²) in [6.45, 7) is 2.37. The maximum absolute atomic E-state index is 13.7. The van der Waals surface area contributed by atoms with Crippen LogP contribution in [0.15, 0.2) is 72.8 Å². The van der Waals surface area contributed by atoms with Gasteiger partial charge in [0.2, 0.25) is 11.8 Å². The average molecular weight is 512 g/mol. The molecule has 1 fully saturated rings. The molecule has 1 aliphatic carbocycles. The van der Waals surface area contributed by atoms with E-state index in [2.05, 4.69) is 34.9 Å². The Morgan fingerprint density at radius 2 is 1.63 bits per heavy atom. The fourth-order valence-electron chi connectivity index (χ4n) is 5.27. The minimum atomic E-state index is -0.548. The molecule has 0 spiro atoms. The minimum absolute atomic E-state index is 0.117. The molecule has 196 valence electrons. The maximum Gasteiger partial charge on any atom is 0.254 e. The highest BCUT2D eigenvalue weighted by molar-refractivity contribution is 5.98. The number of fused-ring (bicyclic) bond motifs is 1. The van der Waals surface area contributed by atoms with Crippen molar-refractivity contribution in [2.75, 3.05) is 11.9 Å². The molecular weight excluding hydrogens is 478 g/mol. The van der Waals surface area contributed by atoms with Gasteiger partial charge in [0.15, 0.2) is 0 Å². The number of hydrogen-bond acceptors (Lipinski definition) is 4. The van der Waals surface area contributed by atoms with Gasteiger partial charge in [-0.15, -0.1) is 0 Å². The monoisotopic (exact) mass is 511 g/mol. The van der Waals surface area contributed by atoms with E-state index >= 15 is 0 Å². The van der Waals surface area contributed by atoms with E-state index in [1.165, 1.54) is 18.1 Å². The first-order chi connectivity index (χ1) is 18.5. The topological polar surface area (TPSA) is 87.7 Å². The first-order valence-corrected chi connectivity index (χ1v) is 13.2. The van der Waals surface area contributed by atoms with Gasteiger partial charge in [-0.2, -0.15) is 0 Å². The van der Waals surface area contributed by atoms with Crippen LogP contribution in [0.4, 0.5) is 5.69 Å².